The summed E-state index contributed by atoms with van der Waals surface area (Å²) in [5.41, 5.74) is 1.17. The SMILES string of the molecule is C[C@H]1CN(C(=O)Nc2cccc(C#N)c2)CCO1. The number of carbonyl (C=O) groups is 1. The molecule has 1 heterocycles. The lowest BCUT2D eigenvalue weighted by molar-refractivity contribution is -0.00138. The zero-order valence-electron chi connectivity index (χ0n) is 10.2. The lowest BCUT2D eigenvalue weighted by Gasteiger charge is -2.31. The van der Waals surface area contributed by atoms with E-state index in [9.17, 15) is 4.79 Å². The number of rotatable bonds is 1. The Morgan fingerprint density at radius 3 is 3.17 bits per heavy atom. The first-order valence-corrected chi connectivity index (χ1v) is 5.87. The van der Waals surface area contributed by atoms with Crippen LogP contribution < -0.4 is 5.32 Å². The molecule has 5 heteroatoms. The molecule has 0 aromatic heterocycles. The van der Waals surface area contributed by atoms with Gasteiger partial charge < -0.3 is 15.0 Å². The topological polar surface area (TPSA) is 65.4 Å². The van der Waals surface area contributed by atoms with Gasteiger partial charge in [0.25, 0.3) is 0 Å². The highest BCUT2D eigenvalue weighted by molar-refractivity contribution is 5.89. The van der Waals surface area contributed by atoms with Crippen molar-refractivity contribution >= 4 is 11.7 Å². The summed E-state index contributed by atoms with van der Waals surface area (Å²) in [6.07, 6.45) is 0.0648. The van der Waals surface area contributed by atoms with E-state index in [1.807, 2.05) is 13.0 Å². The van der Waals surface area contributed by atoms with Gasteiger partial charge in [-0.05, 0) is 25.1 Å². The number of nitriles is 1. The van der Waals surface area contributed by atoms with Gasteiger partial charge in [0.05, 0.1) is 24.3 Å². The van der Waals surface area contributed by atoms with Gasteiger partial charge in [0.1, 0.15) is 0 Å². The van der Waals surface area contributed by atoms with Crippen LogP contribution in [-0.4, -0.2) is 36.7 Å². The number of hydrogen-bond acceptors (Lipinski definition) is 3. The van der Waals surface area contributed by atoms with Crippen LogP contribution in [-0.2, 0) is 4.74 Å². The van der Waals surface area contributed by atoms with Gasteiger partial charge in [-0.25, -0.2) is 4.79 Å². The quantitative estimate of drug-likeness (QED) is 0.820. The first-order valence-electron chi connectivity index (χ1n) is 5.87. The number of ether oxygens (including phenoxy) is 1. The molecule has 94 valence electrons. The number of hydrogen-bond donors (Lipinski definition) is 1. The number of anilines is 1. The maximum Gasteiger partial charge on any atom is 0.322 e. The maximum atomic E-state index is 12.0. The van der Waals surface area contributed by atoms with Crippen LogP contribution >= 0.6 is 0 Å². The van der Waals surface area contributed by atoms with Gasteiger partial charge in [0, 0.05) is 18.8 Å². The smallest absolute Gasteiger partial charge is 0.322 e. The number of carbonyl (C=O) groups excluding carboxylic acids is 1. The molecule has 2 amide bonds. The van der Waals surface area contributed by atoms with E-state index in [-0.39, 0.29) is 12.1 Å². The van der Waals surface area contributed by atoms with Crippen molar-refractivity contribution in [2.75, 3.05) is 25.0 Å². The molecule has 1 aliphatic rings. The number of nitrogens with zero attached hydrogens (tertiary/aromatic N) is 2. The number of benzene rings is 1. The summed E-state index contributed by atoms with van der Waals surface area (Å²) in [5.74, 6) is 0. The van der Waals surface area contributed by atoms with Gasteiger partial charge in [-0.2, -0.15) is 5.26 Å². The van der Waals surface area contributed by atoms with Crippen molar-refractivity contribution in [2.45, 2.75) is 13.0 Å². The van der Waals surface area contributed by atoms with Crippen LogP contribution in [0.1, 0.15) is 12.5 Å². The Balaban J connectivity index is 2.00. The van der Waals surface area contributed by atoms with Gasteiger partial charge in [0.2, 0.25) is 0 Å². The second kappa shape index (κ2) is 5.52. The summed E-state index contributed by atoms with van der Waals surface area (Å²) < 4.78 is 5.38. The Hall–Kier alpha value is -2.06. The number of urea groups is 1. The number of nitrogens with one attached hydrogen (secondary N) is 1. The van der Waals surface area contributed by atoms with Crippen LogP contribution in [0.3, 0.4) is 0 Å². The Morgan fingerprint density at radius 2 is 2.44 bits per heavy atom. The highest BCUT2D eigenvalue weighted by atomic mass is 16.5. The molecule has 0 saturated carbocycles. The largest absolute Gasteiger partial charge is 0.375 e. The molecule has 5 nitrogen and oxygen atoms in total. The van der Waals surface area contributed by atoms with Crippen molar-refractivity contribution in [1.82, 2.24) is 4.90 Å². The molecule has 2 rings (SSSR count). The molecule has 1 aliphatic heterocycles. The van der Waals surface area contributed by atoms with Crippen LogP contribution in [0, 0.1) is 11.3 Å². The molecule has 1 saturated heterocycles. The molecule has 1 aromatic rings. The Morgan fingerprint density at radius 1 is 1.61 bits per heavy atom. The standard InChI is InChI=1S/C13H15N3O2/c1-10-9-16(5-6-18-10)13(17)15-12-4-2-3-11(7-12)8-14/h2-4,7,10H,5-6,9H2,1H3,(H,15,17)/t10-/m0/s1. The van der Waals surface area contributed by atoms with Gasteiger partial charge in [-0.3, -0.25) is 0 Å². The fourth-order valence-corrected chi connectivity index (χ4v) is 1.87. The monoisotopic (exact) mass is 245 g/mol. The molecular weight excluding hydrogens is 230 g/mol. The third kappa shape index (κ3) is 2.99. The lowest BCUT2D eigenvalue weighted by Crippen LogP contribution is -2.46. The summed E-state index contributed by atoms with van der Waals surface area (Å²) in [4.78, 5) is 13.7. The Kier molecular flexibility index (Phi) is 3.80. The second-order valence-corrected chi connectivity index (χ2v) is 4.25. The summed E-state index contributed by atoms with van der Waals surface area (Å²) in [6.45, 7) is 3.68. The van der Waals surface area contributed by atoms with E-state index in [1.54, 1.807) is 29.2 Å². The van der Waals surface area contributed by atoms with Gasteiger partial charge in [-0.1, -0.05) is 6.07 Å². The minimum absolute atomic E-state index is 0.0648. The fourth-order valence-electron chi connectivity index (χ4n) is 1.87. The van der Waals surface area contributed by atoms with E-state index in [0.29, 0.717) is 30.9 Å². The Labute approximate surface area is 106 Å². The third-order valence-corrected chi connectivity index (χ3v) is 2.77. The van der Waals surface area contributed by atoms with Crippen molar-refractivity contribution in [3.63, 3.8) is 0 Å². The van der Waals surface area contributed by atoms with Crippen LogP contribution in [0.15, 0.2) is 24.3 Å². The molecule has 1 N–H and O–H groups in total. The summed E-state index contributed by atoms with van der Waals surface area (Å²) in [7, 11) is 0. The van der Waals surface area contributed by atoms with Crippen LogP contribution in [0.4, 0.5) is 10.5 Å². The van der Waals surface area contributed by atoms with E-state index in [0.717, 1.165) is 0 Å². The fraction of sp³-hybridized carbons (Fsp3) is 0.385. The third-order valence-electron chi connectivity index (χ3n) is 2.77. The molecule has 1 aromatic carbocycles. The summed E-state index contributed by atoms with van der Waals surface area (Å²) >= 11 is 0. The molecule has 18 heavy (non-hydrogen) atoms. The van der Waals surface area contributed by atoms with Crippen LogP contribution in [0.25, 0.3) is 0 Å². The predicted octanol–water partition coefficient (Wildman–Crippen LogP) is 1.81. The van der Waals surface area contributed by atoms with E-state index >= 15 is 0 Å². The normalized spacial score (nSPS) is 19.1. The van der Waals surface area contributed by atoms with E-state index in [1.165, 1.54) is 0 Å². The van der Waals surface area contributed by atoms with Crippen molar-refractivity contribution in [2.24, 2.45) is 0 Å². The first-order chi connectivity index (χ1) is 8.69. The van der Waals surface area contributed by atoms with E-state index in [2.05, 4.69) is 5.32 Å². The van der Waals surface area contributed by atoms with Gasteiger partial charge in [0.15, 0.2) is 0 Å². The molecule has 1 atom stereocenters. The molecular formula is C13H15N3O2. The molecule has 0 radical (unpaired) electrons. The number of morpholine rings is 1. The minimum Gasteiger partial charge on any atom is -0.375 e. The molecule has 0 aliphatic carbocycles. The highest BCUT2D eigenvalue weighted by Gasteiger charge is 2.21. The van der Waals surface area contributed by atoms with Gasteiger partial charge >= 0.3 is 6.03 Å². The van der Waals surface area contributed by atoms with Crippen molar-refractivity contribution in [1.29, 1.82) is 5.26 Å². The second-order valence-electron chi connectivity index (χ2n) is 4.25. The zero-order chi connectivity index (χ0) is 13.0. The van der Waals surface area contributed by atoms with E-state index in [4.69, 9.17) is 10.00 Å². The average molecular weight is 245 g/mol. The summed E-state index contributed by atoms with van der Waals surface area (Å²) in [5, 5.41) is 11.6. The highest BCUT2D eigenvalue weighted by Crippen LogP contribution is 2.12. The summed E-state index contributed by atoms with van der Waals surface area (Å²) in [6, 6.07) is 8.76. The first kappa shape index (κ1) is 12.4. The predicted molar refractivity (Wildman–Crippen MR) is 67.2 cm³/mol. The van der Waals surface area contributed by atoms with Crippen LogP contribution in [0.2, 0.25) is 0 Å². The minimum atomic E-state index is -0.153. The lowest BCUT2D eigenvalue weighted by atomic mass is 10.2. The molecule has 0 bridgehead atoms. The maximum absolute atomic E-state index is 12.0. The van der Waals surface area contributed by atoms with E-state index < -0.39 is 0 Å². The van der Waals surface area contributed by atoms with Crippen molar-refractivity contribution < 1.29 is 9.53 Å². The van der Waals surface area contributed by atoms with Crippen molar-refractivity contribution in [3.05, 3.63) is 29.8 Å². The van der Waals surface area contributed by atoms with Crippen molar-refractivity contribution in [3.8, 4) is 6.07 Å². The zero-order valence-corrected chi connectivity index (χ0v) is 10.2. The number of amides is 2. The van der Waals surface area contributed by atoms with Gasteiger partial charge in [-0.15, -0.1) is 0 Å². The Bertz CT molecular complexity index is 481. The average Bonchev–Trinajstić information content (AvgIpc) is 2.39. The van der Waals surface area contributed by atoms with Crippen LogP contribution in [0.5, 0.6) is 0 Å². The molecule has 0 unspecified atom stereocenters. The molecule has 1 fully saturated rings. The molecule has 0 spiro atoms.